The molecule has 0 atom stereocenters. The first-order chi connectivity index (χ1) is 8.20. The van der Waals surface area contributed by atoms with Crippen molar-refractivity contribution in [2.45, 2.75) is 0 Å². The van der Waals surface area contributed by atoms with E-state index in [0.29, 0.717) is 11.3 Å². The van der Waals surface area contributed by atoms with Crippen LogP contribution in [-0.2, 0) is 0 Å². The minimum atomic E-state index is -0.521. The molecule has 0 amide bonds. The molecule has 1 aromatic carbocycles. The van der Waals surface area contributed by atoms with Crippen LogP contribution in [0.15, 0.2) is 46.2 Å². The first-order valence-corrected chi connectivity index (χ1v) is 5.05. The Morgan fingerprint density at radius 1 is 1.41 bits per heavy atom. The lowest BCUT2D eigenvalue weighted by Gasteiger charge is -2.02. The summed E-state index contributed by atoms with van der Waals surface area (Å²) in [5.41, 5.74) is 2.91. The zero-order valence-electron chi connectivity index (χ0n) is 8.52. The molecule has 0 radical (unpaired) electrons. The Labute approximate surface area is 101 Å². The number of hydrogen-bond donors (Lipinski definition) is 2. The first-order valence-electron chi connectivity index (χ1n) is 4.67. The van der Waals surface area contributed by atoms with Gasteiger partial charge in [0.15, 0.2) is 5.84 Å². The number of benzene rings is 1. The molecule has 0 saturated carbocycles. The van der Waals surface area contributed by atoms with E-state index in [9.17, 15) is 4.39 Å². The number of halogens is 2. The highest BCUT2D eigenvalue weighted by molar-refractivity contribution is 6.31. The van der Waals surface area contributed by atoms with Gasteiger partial charge in [0.05, 0.1) is 22.5 Å². The van der Waals surface area contributed by atoms with E-state index >= 15 is 0 Å². The first kappa shape index (κ1) is 11.6. The minimum absolute atomic E-state index is 0.0317. The molecular weight excluding hydrogens is 247 g/mol. The Balaban J connectivity index is 2.36. The highest BCUT2D eigenvalue weighted by atomic mass is 35.5. The normalized spacial score (nSPS) is 11.6. The van der Waals surface area contributed by atoms with E-state index in [1.165, 1.54) is 30.7 Å². The van der Waals surface area contributed by atoms with Crippen molar-refractivity contribution < 1.29 is 14.0 Å². The molecule has 0 aliphatic rings. The zero-order chi connectivity index (χ0) is 12.3. The van der Waals surface area contributed by atoms with Crippen LogP contribution in [0.25, 0.3) is 0 Å². The third kappa shape index (κ3) is 2.64. The lowest BCUT2D eigenvalue weighted by molar-refractivity contribution is 0.235. The van der Waals surface area contributed by atoms with Crippen molar-refractivity contribution in [2.75, 3.05) is 0 Å². The van der Waals surface area contributed by atoms with Gasteiger partial charge in [-0.05, 0) is 24.3 Å². The molecule has 1 heterocycles. The number of nitrogens with one attached hydrogen (secondary N) is 1. The Kier molecular flexibility index (Phi) is 3.41. The molecule has 1 aromatic heterocycles. The van der Waals surface area contributed by atoms with Crippen LogP contribution in [0.5, 0.6) is 0 Å². The predicted molar refractivity (Wildman–Crippen MR) is 61.2 cm³/mol. The van der Waals surface area contributed by atoms with Crippen LogP contribution in [0, 0.1) is 5.82 Å². The van der Waals surface area contributed by atoms with Gasteiger partial charge in [-0.3, -0.25) is 10.7 Å². The standard InChI is InChI=1S/C11H8ClFN2O2/c12-9-5-8(1-2-10(9)13)14-11(15-16)7-3-4-17-6-7/h1-6,16H,(H,14,15). The van der Waals surface area contributed by atoms with Crippen molar-refractivity contribution in [1.29, 1.82) is 0 Å². The number of hydrogen-bond acceptors (Lipinski definition) is 3. The maximum absolute atomic E-state index is 12.9. The molecular formula is C11H8ClFN2O2. The summed E-state index contributed by atoms with van der Waals surface area (Å²) in [5, 5.41) is 8.92. The smallest absolute Gasteiger partial charge is 0.160 e. The Morgan fingerprint density at radius 2 is 2.24 bits per heavy atom. The fraction of sp³-hybridized carbons (Fsp3) is 0. The molecule has 17 heavy (non-hydrogen) atoms. The van der Waals surface area contributed by atoms with E-state index in [2.05, 4.69) is 4.99 Å². The van der Waals surface area contributed by atoms with Gasteiger partial charge in [0.25, 0.3) is 0 Å². The van der Waals surface area contributed by atoms with Gasteiger partial charge in [-0.1, -0.05) is 11.6 Å². The van der Waals surface area contributed by atoms with Gasteiger partial charge in [0.2, 0.25) is 0 Å². The van der Waals surface area contributed by atoms with Crippen LogP contribution in [0.3, 0.4) is 0 Å². The highest BCUT2D eigenvalue weighted by Gasteiger charge is 2.05. The number of aliphatic imine (C=N–C) groups is 1. The van der Waals surface area contributed by atoms with Crippen LogP contribution in [0.1, 0.15) is 5.56 Å². The average Bonchev–Trinajstić information content (AvgIpc) is 2.84. The second kappa shape index (κ2) is 4.99. The molecule has 0 aliphatic carbocycles. The van der Waals surface area contributed by atoms with E-state index < -0.39 is 5.82 Å². The molecule has 0 spiro atoms. The maximum atomic E-state index is 12.9. The third-order valence-corrected chi connectivity index (χ3v) is 2.33. The quantitative estimate of drug-likeness (QED) is 0.492. The van der Waals surface area contributed by atoms with Crippen molar-refractivity contribution in [2.24, 2.45) is 4.99 Å². The van der Waals surface area contributed by atoms with E-state index in [1.807, 2.05) is 5.48 Å². The van der Waals surface area contributed by atoms with Crippen molar-refractivity contribution >= 4 is 23.1 Å². The van der Waals surface area contributed by atoms with E-state index in [1.54, 1.807) is 6.07 Å². The summed E-state index contributed by atoms with van der Waals surface area (Å²) >= 11 is 5.62. The molecule has 2 rings (SSSR count). The van der Waals surface area contributed by atoms with Crippen molar-refractivity contribution in [3.05, 3.63) is 53.2 Å². The second-order valence-electron chi connectivity index (χ2n) is 3.18. The van der Waals surface area contributed by atoms with Crippen LogP contribution in [0.4, 0.5) is 10.1 Å². The summed E-state index contributed by atoms with van der Waals surface area (Å²) in [6.45, 7) is 0. The van der Waals surface area contributed by atoms with Crippen molar-refractivity contribution in [1.82, 2.24) is 5.48 Å². The lowest BCUT2D eigenvalue weighted by Crippen LogP contribution is -2.19. The van der Waals surface area contributed by atoms with Gasteiger partial charge in [0, 0.05) is 0 Å². The Bertz CT molecular complexity index is 540. The van der Waals surface area contributed by atoms with Crippen LogP contribution < -0.4 is 5.48 Å². The van der Waals surface area contributed by atoms with E-state index in [4.69, 9.17) is 21.2 Å². The lowest BCUT2D eigenvalue weighted by atomic mass is 10.3. The number of furan rings is 1. The molecule has 0 unspecified atom stereocenters. The molecule has 2 aromatic rings. The predicted octanol–water partition coefficient (Wildman–Crippen LogP) is 3.13. The van der Waals surface area contributed by atoms with Gasteiger partial charge < -0.3 is 4.42 Å². The number of amidine groups is 1. The maximum Gasteiger partial charge on any atom is 0.160 e. The Morgan fingerprint density at radius 3 is 2.82 bits per heavy atom. The second-order valence-corrected chi connectivity index (χ2v) is 3.59. The fourth-order valence-corrected chi connectivity index (χ4v) is 1.41. The highest BCUT2D eigenvalue weighted by Crippen LogP contribution is 2.22. The molecule has 88 valence electrons. The summed E-state index contributed by atoms with van der Waals surface area (Å²) in [7, 11) is 0. The number of rotatable bonds is 2. The van der Waals surface area contributed by atoms with Gasteiger partial charge in [-0.15, -0.1) is 0 Å². The summed E-state index contributed by atoms with van der Waals surface area (Å²) in [6.07, 6.45) is 2.85. The summed E-state index contributed by atoms with van der Waals surface area (Å²) in [4.78, 5) is 4.07. The summed E-state index contributed by atoms with van der Waals surface area (Å²) < 4.78 is 17.8. The molecule has 0 aliphatic heterocycles. The molecule has 4 nitrogen and oxygen atoms in total. The zero-order valence-corrected chi connectivity index (χ0v) is 9.28. The largest absolute Gasteiger partial charge is 0.472 e. The van der Waals surface area contributed by atoms with E-state index in [-0.39, 0.29) is 10.9 Å². The van der Waals surface area contributed by atoms with Gasteiger partial charge in [-0.2, -0.15) is 0 Å². The van der Waals surface area contributed by atoms with Crippen LogP contribution >= 0.6 is 11.6 Å². The SMILES string of the molecule is ONC(=Nc1ccc(F)c(Cl)c1)c1ccoc1. The fourth-order valence-electron chi connectivity index (χ4n) is 1.24. The van der Waals surface area contributed by atoms with Crippen molar-refractivity contribution in [3.63, 3.8) is 0 Å². The summed E-state index contributed by atoms with van der Waals surface area (Å²) in [5.74, 6) is -0.339. The summed E-state index contributed by atoms with van der Waals surface area (Å²) in [6, 6.07) is 5.62. The third-order valence-electron chi connectivity index (χ3n) is 2.04. The van der Waals surface area contributed by atoms with Crippen LogP contribution in [-0.4, -0.2) is 11.0 Å². The molecule has 0 fully saturated rings. The topological polar surface area (TPSA) is 57.8 Å². The molecule has 0 bridgehead atoms. The van der Waals surface area contributed by atoms with Gasteiger partial charge >= 0.3 is 0 Å². The average molecular weight is 255 g/mol. The van der Waals surface area contributed by atoms with Gasteiger partial charge in [0.1, 0.15) is 12.1 Å². The Hall–Kier alpha value is -1.85. The number of hydroxylamine groups is 1. The molecule has 0 saturated heterocycles. The van der Waals surface area contributed by atoms with Gasteiger partial charge in [-0.25, -0.2) is 9.38 Å². The minimum Gasteiger partial charge on any atom is -0.472 e. The molecule has 2 N–H and O–H groups in total. The van der Waals surface area contributed by atoms with E-state index in [0.717, 1.165) is 0 Å². The number of nitrogens with zero attached hydrogens (tertiary/aromatic N) is 1. The monoisotopic (exact) mass is 254 g/mol. The van der Waals surface area contributed by atoms with Crippen LogP contribution in [0.2, 0.25) is 5.02 Å². The van der Waals surface area contributed by atoms with Crippen molar-refractivity contribution in [3.8, 4) is 0 Å². The molecule has 6 heteroatoms.